The summed E-state index contributed by atoms with van der Waals surface area (Å²) >= 11 is 0. The summed E-state index contributed by atoms with van der Waals surface area (Å²) < 4.78 is 0. The van der Waals surface area contributed by atoms with E-state index < -0.39 is 0 Å². The minimum atomic E-state index is 0.530. The number of rotatable bonds is 2. The highest BCUT2D eigenvalue weighted by Gasteiger charge is 2.35. The molecule has 13 heavy (non-hydrogen) atoms. The van der Waals surface area contributed by atoms with Crippen LogP contribution in [0, 0.1) is 5.41 Å². The highest BCUT2D eigenvalue weighted by molar-refractivity contribution is 5.01. The molecule has 1 saturated carbocycles. The summed E-state index contributed by atoms with van der Waals surface area (Å²) in [6, 6.07) is 1.50. The average molecular weight is 179 g/mol. The molecule has 1 unspecified atom stereocenters. The number of hydrogen-bond acceptors (Lipinski definition) is 1. The zero-order chi connectivity index (χ0) is 9.31. The van der Waals surface area contributed by atoms with Crippen molar-refractivity contribution in [1.29, 1.82) is 0 Å². The summed E-state index contributed by atoms with van der Waals surface area (Å²) in [5.74, 6) is 0. The Balaban J connectivity index is 1.87. The van der Waals surface area contributed by atoms with Gasteiger partial charge in [0.05, 0.1) is 0 Å². The predicted octanol–water partition coefficient (Wildman–Crippen LogP) is 2.87. The Hall–Kier alpha value is -0.300. The van der Waals surface area contributed by atoms with Crippen LogP contribution in [0.1, 0.15) is 46.0 Å². The third-order valence-corrected chi connectivity index (χ3v) is 3.70. The number of hydrogen-bond donors (Lipinski definition) is 1. The first-order valence-electron chi connectivity index (χ1n) is 5.59. The van der Waals surface area contributed by atoms with E-state index in [1.54, 1.807) is 0 Å². The first-order chi connectivity index (χ1) is 6.18. The van der Waals surface area contributed by atoms with E-state index in [0.29, 0.717) is 5.41 Å². The zero-order valence-electron chi connectivity index (χ0n) is 8.84. The van der Waals surface area contributed by atoms with Crippen molar-refractivity contribution in [3.63, 3.8) is 0 Å². The molecule has 0 saturated heterocycles. The molecule has 2 aliphatic rings. The molecule has 74 valence electrons. The molecule has 1 N–H and O–H groups in total. The highest BCUT2D eigenvalue weighted by Crippen LogP contribution is 2.37. The van der Waals surface area contributed by atoms with E-state index in [4.69, 9.17) is 0 Å². The molecule has 0 radical (unpaired) electrons. The topological polar surface area (TPSA) is 12.0 Å². The molecule has 0 spiro atoms. The van der Waals surface area contributed by atoms with E-state index in [1.807, 2.05) is 0 Å². The van der Waals surface area contributed by atoms with Gasteiger partial charge in [-0.3, -0.25) is 0 Å². The zero-order valence-corrected chi connectivity index (χ0v) is 8.84. The molecule has 2 rings (SSSR count). The van der Waals surface area contributed by atoms with Crippen molar-refractivity contribution >= 4 is 0 Å². The van der Waals surface area contributed by atoms with Crippen molar-refractivity contribution in [1.82, 2.24) is 5.32 Å². The fourth-order valence-electron chi connectivity index (χ4n) is 2.67. The summed E-state index contributed by atoms with van der Waals surface area (Å²) in [7, 11) is 0. The minimum Gasteiger partial charge on any atom is -0.310 e. The molecule has 0 amide bonds. The molecule has 0 aliphatic heterocycles. The van der Waals surface area contributed by atoms with Gasteiger partial charge in [0.25, 0.3) is 0 Å². The third kappa shape index (κ3) is 1.96. The van der Waals surface area contributed by atoms with Gasteiger partial charge in [0, 0.05) is 12.1 Å². The predicted molar refractivity (Wildman–Crippen MR) is 56.7 cm³/mol. The van der Waals surface area contributed by atoms with Gasteiger partial charge in [-0.2, -0.15) is 0 Å². The Bertz CT molecular complexity index is 197. The lowest BCUT2D eigenvalue weighted by Crippen LogP contribution is -2.42. The molecule has 0 aromatic rings. The standard InChI is InChI=1S/C12H21N/c1-12(2)9-5-8-11(12)13-10-6-3-4-7-10/h3-4,10-11,13H,5-9H2,1-2H3. The molecular formula is C12H21N. The Kier molecular flexibility index (Phi) is 2.46. The van der Waals surface area contributed by atoms with Gasteiger partial charge in [-0.05, 0) is 31.1 Å². The Morgan fingerprint density at radius 3 is 2.46 bits per heavy atom. The molecule has 2 aliphatic carbocycles. The second-order valence-electron chi connectivity index (χ2n) is 5.24. The maximum atomic E-state index is 3.81. The summed E-state index contributed by atoms with van der Waals surface area (Å²) in [4.78, 5) is 0. The van der Waals surface area contributed by atoms with Crippen LogP contribution in [-0.4, -0.2) is 12.1 Å². The average Bonchev–Trinajstić information content (AvgIpc) is 2.63. The molecule has 0 aromatic carbocycles. The molecule has 0 aromatic heterocycles. The van der Waals surface area contributed by atoms with Crippen molar-refractivity contribution in [3.8, 4) is 0 Å². The lowest BCUT2D eigenvalue weighted by molar-refractivity contribution is 0.263. The van der Waals surface area contributed by atoms with Crippen LogP contribution in [0.4, 0.5) is 0 Å². The van der Waals surface area contributed by atoms with Crippen LogP contribution in [0.3, 0.4) is 0 Å². The maximum absolute atomic E-state index is 3.81. The largest absolute Gasteiger partial charge is 0.310 e. The molecule has 1 heteroatoms. The van der Waals surface area contributed by atoms with Gasteiger partial charge in [0.15, 0.2) is 0 Å². The van der Waals surface area contributed by atoms with Crippen LogP contribution in [0.2, 0.25) is 0 Å². The van der Waals surface area contributed by atoms with Crippen LogP contribution < -0.4 is 5.32 Å². The quantitative estimate of drug-likeness (QED) is 0.643. The second-order valence-corrected chi connectivity index (χ2v) is 5.24. The smallest absolute Gasteiger partial charge is 0.0139 e. The monoisotopic (exact) mass is 179 g/mol. The van der Waals surface area contributed by atoms with E-state index in [9.17, 15) is 0 Å². The fraction of sp³-hybridized carbons (Fsp3) is 0.833. The molecule has 0 heterocycles. The molecular weight excluding hydrogens is 158 g/mol. The van der Waals surface area contributed by atoms with Gasteiger partial charge < -0.3 is 5.32 Å². The molecule has 0 bridgehead atoms. The van der Waals surface area contributed by atoms with E-state index in [1.165, 1.54) is 32.1 Å². The van der Waals surface area contributed by atoms with Crippen molar-refractivity contribution < 1.29 is 0 Å². The highest BCUT2D eigenvalue weighted by atomic mass is 15.0. The van der Waals surface area contributed by atoms with Gasteiger partial charge in [-0.15, -0.1) is 0 Å². The minimum absolute atomic E-state index is 0.530. The van der Waals surface area contributed by atoms with Crippen LogP contribution in [0.25, 0.3) is 0 Å². The van der Waals surface area contributed by atoms with Crippen molar-refractivity contribution in [3.05, 3.63) is 12.2 Å². The lowest BCUT2D eigenvalue weighted by Gasteiger charge is -2.30. The summed E-state index contributed by atoms with van der Waals surface area (Å²) in [5, 5.41) is 3.81. The van der Waals surface area contributed by atoms with E-state index in [0.717, 1.165) is 12.1 Å². The summed E-state index contributed by atoms with van der Waals surface area (Å²) in [6.07, 6.45) is 11.3. The fourth-order valence-corrected chi connectivity index (χ4v) is 2.67. The summed E-state index contributed by atoms with van der Waals surface area (Å²) in [5.41, 5.74) is 0.530. The summed E-state index contributed by atoms with van der Waals surface area (Å²) in [6.45, 7) is 4.81. The first-order valence-corrected chi connectivity index (χ1v) is 5.59. The van der Waals surface area contributed by atoms with E-state index >= 15 is 0 Å². The Morgan fingerprint density at radius 2 is 1.92 bits per heavy atom. The van der Waals surface area contributed by atoms with Gasteiger partial charge in [0.2, 0.25) is 0 Å². The lowest BCUT2D eigenvalue weighted by atomic mass is 9.87. The molecule has 1 fully saturated rings. The van der Waals surface area contributed by atoms with Crippen LogP contribution in [-0.2, 0) is 0 Å². The van der Waals surface area contributed by atoms with Crippen LogP contribution in [0.15, 0.2) is 12.2 Å². The van der Waals surface area contributed by atoms with Gasteiger partial charge in [-0.25, -0.2) is 0 Å². The normalized spacial score (nSPS) is 32.9. The third-order valence-electron chi connectivity index (χ3n) is 3.70. The van der Waals surface area contributed by atoms with Gasteiger partial charge in [-0.1, -0.05) is 32.4 Å². The molecule has 1 nitrogen and oxygen atoms in total. The van der Waals surface area contributed by atoms with Crippen LogP contribution in [0.5, 0.6) is 0 Å². The molecule has 1 atom stereocenters. The van der Waals surface area contributed by atoms with E-state index in [-0.39, 0.29) is 0 Å². The van der Waals surface area contributed by atoms with Gasteiger partial charge in [0.1, 0.15) is 0 Å². The Morgan fingerprint density at radius 1 is 1.23 bits per heavy atom. The maximum Gasteiger partial charge on any atom is 0.0139 e. The van der Waals surface area contributed by atoms with Crippen molar-refractivity contribution in [2.75, 3.05) is 0 Å². The van der Waals surface area contributed by atoms with Gasteiger partial charge >= 0.3 is 0 Å². The van der Waals surface area contributed by atoms with Crippen LogP contribution >= 0.6 is 0 Å². The SMILES string of the molecule is CC1(C)CCCC1NC1CC=CC1. The first kappa shape index (κ1) is 9.26. The van der Waals surface area contributed by atoms with E-state index in [2.05, 4.69) is 31.3 Å². The Labute approximate surface area is 81.6 Å². The second kappa shape index (κ2) is 3.45. The van der Waals surface area contributed by atoms with Crippen molar-refractivity contribution in [2.45, 2.75) is 58.0 Å². The number of nitrogens with one attached hydrogen (secondary N) is 1. The van der Waals surface area contributed by atoms with Crippen molar-refractivity contribution in [2.24, 2.45) is 5.41 Å².